The summed E-state index contributed by atoms with van der Waals surface area (Å²) in [5.74, 6) is 1.60. The molecule has 0 spiro atoms. The highest BCUT2D eigenvalue weighted by atomic mass is 32.2. The Morgan fingerprint density at radius 3 is 2.33 bits per heavy atom. The summed E-state index contributed by atoms with van der Waals surface area (Å²) in [6.45, 7) is 6.85. The molecule has 0 N–H and O–H groups in total. The number of hydrogen-bond donors (Lipinski definition) is 0. The van der Waals surface area contributed by atoms with E-state index in [1.807, 2.05) is 44.2 Å². The Kier molecular flexibility index (Phi) is 5.03. The third-order valence-electron chi connectivity index (χ3n) is 4.35. The molecule has 24 heavy (non-hydrogen) atoms. The lowest BCUT2D eigenvalue weighted by Gasteiger charge is -2.33. The largest absolute Gasteiger partial charge is 0.444 e. The summed E-state index contributed by atoms with van der Waals surface area (Å²) >= 11 is 0. The summed E-state index contributed by atoms with van der Waals surface area (Å²) in [5, 5.41) is 0. The number of sulfonamides is 1. The summed E-state index contributed by atoms with van der Waals surface area (Å²) < 4.78 is 32.3. The van der Waals surface area contributed by atoms with Gasteiger partial charge in [0.05, 0.1) is 18.0 Å². The zero-order valence-electron chi connectivity index (χ0n) is 14.1. The van der Waals surface area contributed by atoms with E-state index in [2.05, 4.69) is 9.88 Å². The molecular weight excluding hydrogens is 326 g/mol. The molecule has 0 amide bonds. The van der Waals surface area contributed by atoms with E-state index < -0.39 is 10.0 Å². The van der Waals surface area contributed by atoms with E-state index in [4.69, 9.17) is 4.42 Å². The molecular formula is C17H23N3O3S. The Bertz CT molecular complexity index is 759. The summed E-state index contributed by atoms with van der Waals surface area (Å²) in [4.78, 5) is 6.57. The topological polar surface area (TPSA) is 66.7 Å². The quantitative estimate of drug-likeness (QED) is 0.825. The fourth-order valence-corrected chi connectivity index (χ4v) is 4.36. The molecule has 2 aromatic rings. The van der Waals surface area contributed by atoms with Gasteiger partial charge in [-0.2, -0.15) is 4.31 Å². The lowest BCUT2D eigenvalue weighted by molar-refractivity contribution is 0.167. The van der Waals surface area contributed by atoms with Crippen LogP contribution in [0.25, 0.3) is 0 Å². The van der Waals surface area contributed by atoms with Crippen molar-refractivity contribution in [1.82, 2.24) is 14.2 Å². The molecule has 1 aliphatic heterocycles. The van der Waals surface area contributed by atoms with Crippen LogP contribution < -0.4 is 0 Å². The van der Waals surface area contributed by atoms with Gasteiger partial charge in [0.25, 0.3) is 0 Å². The zero-order chi connectivity index (χ0) is 17.2. The first-order valence-corrected chi connectivity index (χ1v) is 9.72. The number of benzene rings is 1. The molecule has 0 saturated carbocycles. The molecule has 6 nitrogen and oxygen atoms in total. The van der Waals surface area contributed by atoms with E-state index in [0.717, 1.165) is 17.0 Å². The van der Waals surface area contributed by atoms with Gasteiger partial charge >= 0.3 is 0 Å². The molecule has 2 heterocycles. The average molecular weight is 349 g/mol. The predicted molar refractivity (Wildman–Crippen MR) is 91.9 cm³/mol. The van der Waals surface area contributed by atoms with Crippen molar-refractivity contribution in [3.05, 3.63) is 53.2 Å². The molecule has 130 valence electrons. The van der Waals surface area contributed by atoms with Crippen LogP contribution in [0.5, 0.6) is 0 Å². The second-order valence-corrected chi connectivity index (χ2v) is 8.14. The van der Waals surface area contributed by atoms with E-state index in [0.29, 0.717) is 38.6 Å². The summed E-state index contributed by atoms with van der Waals surface area (Å²) in [6, 6.07) is 9.31. The summed E-state index contributed by atoms with van der Waals surface area (Å²) in [7, 11) is -3.27. The van der Waals surface area contributed by atoms with Crippen LogP contribution in [-0.2, 0) is 22.3 Å². The van der Waals surface area contributed by atoms with E-state index in [9.17, 15) is 8.42 Å². The minimum absolute atomic E-state index is 0.0615. The first kappa shape index (κ1) is 17.1. The van der Waals surface area contributed by atoms with Gasteiger partial charge in [0, 0.05) is 26.2 Å². The van der Waals surface area contributed by atoms with Crippen LogP contribution in [0.4, 0.5) is 0 Å². The number of hydrogen-bond acceptors (Lipinski definition) is 5. The monoisotopic (exact) mass is 349 g/mol. The van der Waals surface area contributed by atoms with Crippen LogP contribution in [0.3, 0.4) is 0 Å². The molecule has 0 radical (unpaired) electrons. The van der Waals surface area contributed by atoms with Crippen molar-refractivity contribution >= 4 is 10.0 Å². The van der Waals surface area contributed by atoms with Crippen LogP contribution in [0.2, 0.25) is 0 Å². The predicted octanol–water partition coefficient (Wildman–Crippen LogP) is 1.94. The molecule has 0 unspecified atom stereocenters. The number of aromatic nitrogens is 1. The van der Waals surface area contributed by atoms with Crippen LogP contribution in [-0.4, -0.2) is 48.8 Å². The highest BCUT2D eigenvalue weighted by Gasteiger charge is 2.27. The summed E-state index contributed by atoms with van der Waals surface area (Å²) in [6.07, 6.45) is 0. The highest BCUT2D eigenvalue weighted by Crippen LogP contribution is 2.16. The molecule has 1 aliphatic rings. The van der Waals surface area contributed by atoms with E-state index in [-0.39, 0.29) is 5.75 Å². The number of rotatable bonds is 5. The van der Waals surface area contributed by atoms with Gasteiger partial charge in [-0.05, 0) is 19.4 Å². The third kappa shape index (κ3) is 4.03. The van der Waals surface area contributed by atoms with Gasteiger partial charge in [0.1, 0.15) is 5.76 Å². The third-order valence-corrected chi connectivity index (χ3v) is 6.20. The second kappa shape index (κ2) is 7.04. The SMILES string of the molecule is Cc1nc(CN2CCN(S(=O)(=O)Cc3ccccc3)CC2)oc1C. The van der Waals surface area contributed by atoms with Crippen molar-refractivity contribution in [2.24, 2.45) is 0 Å². The number of piperazine rings is 1. The lowest BCUT2D eigenvalue weighted by atomic mass is 10.2. The van der Waals surface area contributed by atoms with Crippen molar-refractivity contribution in [3.63, 3.8) is 0 Å². The maximum absolute atomic E-state index is 12.5. The minimum Gasteiger partial charge on any atom is -0.444 e. The van der Waals surface area contributed by atoms with Crippen LogP contribution in [0.1, 0.15) is 22.9 Å². The molecule has 0 aliphatic carbocycles. The second-order valence-electron chi connectivity index (χ2n) is 6.17. The Labute approximate surface area is 143 Å². The van der Waals surface area contributed by atoms with Crippen LogP contribution in [0, 0.1) is 13.8 Å². The molecule has 1 saturated heterocycles. The molecule has 1 aromatic carbocycles. The van der Waals surface area contributed by atoms with Gasteiger partial charge in [0.15, 0.2) is 0 Å². The van der Waals surface area contributed by atoms with Gasteiger partial charge in [-0.15, -0.1) is 0 Å². The highest BCUT2D eigenvalue weighted by molar-refractivity contribution is 7.88. The first-order chi connectivity index (χ1) is 11.4. The van der Waals surface area contributed by atoms with Crippen molar-refractivity contribution < 1.29 is 12.8 Å². The molecule has 1 aromatic heterocycles. The van der Waals surface area contributed by atoms with E-state index in [1.54, 1.807) is 4.31 Å². The first-order valence-electron chi connectivity index (χ1n) is 8.11. The van der Waals surface area contributed by atoms with Crippen molar-refractivity contribution in [2.75, 3.05) is 26.2 Å². The van der Waals surface area contributed by atoms with Gasteiger partial charge in [-0.1, -0.05) is 30.3 Å². The molecule has 1 fully saturated rings. The van der Waals surface area contributed by atoms with Crippen molar-refractivity contribution in [3.8, 4) is 0 Å². The lowest BCUT2D eigenvalue weighted by Crippen LogP contribution is -2.48. The van der Waals surface area contributed by atoms with Gasteiger partial charge in [-0.3, -0.25) is 4.90 Å². The molecule has 0 atom stereocenters. The van der Waals surface area contributed by atoms with Crippen LogP contribution >= 0.6 is 0 Å². The molecule has 0 bridgehead atoms. The minimum atomic E-state index is -3.27. The van der Waals surface area contributed by atoms with E-state index >= 15 is 0 Å². The Balaban J connectivity index is 1.56. The van der Waals surface area contributed by atoms with E-state index in [1.165, 1.54) is 0 Å². The van der Waals surface area contributed by atoms with Crippen molar-refractivity contribution in [1.29, 1.82) is 0 Å². The molecule has 7 heteroatoms. The Morgan fingerprint density at radius 2 is 1.75 bits per heavy atom. The maximum Gasteiger partial charge on any atom is 0.218 e. The maximum atomic E-state index is 12.5. The number of oxazole rings is 1. The smallest absolute Gasteiger partial charge is 0.218 e. The standard InChI is InChI=1S/C17H23N3O3S/c1-14-15(2)23-17(18-14)12-19-8-10-20(11-9-19)24(21,22)13-16-6-4-3-5-7-16/h3-7H,8-13H2,1-2H3. The average Bonchev–Trinajstić information content (AvgIpc) is 2.86. The Morgan fingerprint density at radius 1 is 1.08 bits per heavy atom. The summed E-state index contributed by atoms with van der Waals surface area (Å²) in [5.41, 5.74) is 1.74. The number of aryl methyl sites for hydroxylation is 2. The van der Waals surface area contributed by atoms with Gasteiger partial charge < -0.3 is 4.42 Å². The fraction of sp³-hybridized carbons (Fsp3) is 0.471. The van der Waals surface area contributed by atoms with Gasteiger partial charge in [-0.25, -0.2) is 13.4 Å². The van der Waals surface area contributed by atoms with Crippen molar-refractivity contribution in [2.45, 2.75) is 26.1 Å². The Hall–Kier alpha value is -1.70. The molecule has 3 rings (SSSR count). The normalized spacial score (nSPS) is 17.2. The fourth-order valence-electron chi connectivity index (χ4n) is 2.84. The zero-order valence-corrected chi connectivity index (χ0v) is 14.9. The van der Waals surface area contributed by atoms with Gasteiger partial charge in [0.2, 0.25) is 15.9 Å². The van der Waals surface area contributed by atoms with Crippen LogP contribution in [0.15, 0.2) is 34.7 Å². The number of nitrogens with zero attached hydrogens (tertiary/aromatic N) is 3.